The molecular weight excluding hydrogens is 352 g/mol. The summed E-state index contributed by atoms with van der Waals surface area (Å²) in [6.45, 7) is 5.91. The number of anilines is 1. The first-order valence-corrected chi connectivity index (χ1v) is 9.13. The van der Waals surface area contributed by atoms with Crippen LogP contribution in [0.15, 0.2) is 53.0 Å². The summed E-state index contributed by atoms with van der Waals surface area (Å²) in [5.41, 5.74) is 4.73. The fourth-order valence-electron chi connectivity index (χ4n) is 3.21. The van der Waals surface area contributed by atoms with Gasteiger partial charge < -0.3 is 14.6 Å². The lowest BCUT2D eigenvalue weighted by molar-refractivity contribution is -0.129. The van der Waals surface area contributed by atoms with Crippen molar-refractivity contribution >= 4 is 34.5 Å². The monoisotopic (exact) mass is 376 g/mol. The molecule has 28 heavy (non-hydrogen) atoms. The van der Waals surface area contributed by atoms with Crippen molar-refractivity contribution in [3.05, 3.63) is 71.0 Å². The quantitative estimate of drug-likeness (QED) is 0.669. The minimum Gasteiger partial charge on any atom is -0.457 e. The van der Waals surface area contributed by atoms with Crippen molar-refractivity contribution in [2.45, 2.75) is 20.8 Å². The van der Waals surface area contributed by atoms with Crippen LogP contribution in [-0.2, 0) is 9.59 Å². The van der Waals surface area contributed by atoms with E-state index in [1.165, 1.54) is 11.0 Å². The number of nitrogens with one attached hydrogen (secondary N) is 1. The summed E-state index contributed by atoms with van der Waals surface area (Å²) in [6.07, 6.45) is 3.03. The van der Waals surface area contributed by atoms with Crippen LogP contribution < -0.4 is 5.32 Å². The molecule has 144 valence electrons. The van der Waals surface area contributed by atoms with Crippen LogP contribution in [0.3, 0.4) is 0 Å². The third-order valence-electron chi connectivity index (χ3n) is 4.53. The van der Waals surface area contributed by atoms with E-state index in [2.05, 4.69) is 5.32 Å². The van der Waals surface area contributed by atoms with Crippen LogP contribution >= 0.6 is 0 Å². The van der Waals surface area contributed by atoms with Crippen molar-refractivity contribution in [2.24, 2.45) is 0 Å². The van der Waals surface area contributed by atoms with Gasteiger partial charge >= 0.3 is 0 Å². The van der Waals surface area contributed by atoms with E-state index in [4.69, 9.17) is 4.42 Å². The van der Waals surface area contributed by atoms with Gasteiger partial charge in [0.1, 0.15) is 11.3 Å². The molecule has 0 aliphatic carbocycles. The molecule has 1 aromatic heterocycles. The van der Waals surface area contributed by atoms with Crippen LogP contribution in [0.2, 0.25) is 0 Å². The SMILES string of the molecule is Cc1cc(C)c(NC(=O)CN(C)C(=O)/C=C/c2cc3ccccc3o2)c(C)c1. The van der Waals surface area contributed by atoms with Crippen LogP contribution in [0.1, 0.15) is 22.5 Å². The highest BCUT2D eigenvalue weighted by molar-refractivity contribution is 5.98. The molecule has 3 aromatic rings. The van der Waals surface area contributed by atoms with Gasteiger partial charge in [0.15, 0.2) is 0 Å². The maximum absolute atomic E-state index is 12.4. The Morgan fingerprint density at radius 2 is 1.75 bits per heavy atom. The Hall–Kier alpha value is -3.34. The molecule has 0 unspecified atom stereocenters. The van der Waals surface area contributed by atoms with Gasteiger partial charge in [-0.2, -0.15) is 0 Å². The summed E-state index contributed by atoms with van der Waals surface area (Å²) in [6, 6.07) is 13.6. The first-order chi connectivity index (χ1) is 13.3. The number of amides is 2. The van der Waals surface area contributed by atoms with Gasteiger partial charge in [-0.15, -0.1) is 0 Å². The van der Waals surface area contributed by atoms with E-state index in [1.807, 2.05) is 63.2 Å². The van der Waals surface area contributed by atoms with E-state index in [-0.39, 0.29) is 18.4 Å². The van der Waals surface area contributed by atoms with E-state index in [1.54, 1.807) is 13.1 Å². The number of furan rings is 1. The average Bonchev–Trinajstić information content (AvgIpc) is 3.05. The van der Waals surface area contributed by atoms with E-state index in [9.17, 15) is 9.59 Å². The molecule has 0 aliphatic heterocycles. The molecule has 0 saturated heterocycles. The predicted molar refractivity (Wildman–Crippen MR) is 112 cm³/mol. The van der Waals surface area contributed by atoms with Crippen molar-refractivity contribution in [1.29, 1.82) is 0 Å². The number of carbonyl (C=O) groups excluding carboxylic acids is 2. The first kappa shape index (κ1) is 19.4. The Morgan fingerprint density at radius 3 is 2.43 bits per heavy atom. The second-order valence-corrected chi connectivity index (χ2v) is 7.04. The number of nitrogens with zero attached hydrogens (tertiary/aromatic N) is 1. The lowest BCUT2D eigenvalue weighted by Gasteiger charge is -2.17. The van der Waals surface area contributed by atoms with Crippen molar-refractivity contribution < 1.29 is 14.0 Å². The summed E-state index contributed by atoms with van der Waals surface area (Å²) in [4.78, 5) is 26.0. The molecule has 0 fully saturated rings. The number of carbonyl (C=O) groups is 2. The number of fused-ring (bicyclic) bond motifs is 1. The largest absolute Gasteiger partial charge is 0.457 e. The normalized spacial score (nSPS) is 11.1. The Bertz CT molecular complexity index is 1010. The third kappa shape index (κ3) is 4.49. The van der Waals surface area contributed by atoms with Crippen molar-refractivity contribution in [2.75, 3.05) is 18.9 Å². The molecule has 0 atom stereocenters. The van der Waals surface area contributed by atoms with Crippen LogP contribution in [0.25, 0.3) is 17.0 Å². The zero-order valence-corrected chi connectivity index (χ0v) is 16.6. The molecule has 0 aliphatic rings. The topological polar surface area (TPSA) is 62.6 Å². The molecular formula is C23H24N2O3. The maximum Gasteiger partial charge on any atom is 0.246 e. The van der Waals surface area contributed by atoms with E-state index in [0.717, 1.165) is 33.3 Å². The average molecular weight is 376 g/mol. The first-order valence-electron chi connectivity index (χ1n) is 9.13. The van der Waals surface area contributed by atoms with Crippen molar-refractivity contribution in [3.63, 3.8) is 0 Å². The summed E-state index contributed by atoms with van der Waals surface area (Å²) in [5, 5.41) is 3.89. The highest BCUT2D eigenvalue weighted by atomic mass is 16.3. The summed E-state index contributed by atoms with van der Waals surface area (Å²) in [7, 11) is 1.60. The summed E-state index contributed by atoms with van der Waals surface area (Å²) < 4.78 is 5.66. The molecule has 1 heterocycles. The van der Waals surface area contributed by atoms with Crippen LogP contribution in [-0.4, -0.2) is 30.3 Å². The fraction of sp³-hybridized carbons (Fsp3) is 0.217. The fourth-order valence-corrected chi connectivity index (χ4v) is 3.21. The molecule has 1 N–H and O–H groups in total. The van der Waals surface area contributed by atoms with Gasteiger partial charge in [-0.3, -0.25) is 9.59 Å². The molecule has 2 aromatic carbocycles. The van der Waals surface area contributed by atoms with Gasteiger partial charge in [-0.05, 0) is 50.1 Å². The highest BCUT2D eigenvalue weighted by Gasteiger charge is 2.13. The molecule has 0 saturated carbocycles. The van der Waals surface area contributed by atoms with Gasteiger partial charge in [-0.25, -0.2) is 0 Å². The number of rotatable bonds is 5. The number of para-hydroxylation sites is 1. The third-order valence-corrected chi connectivity index (χ3v) is 4.53. The molecule has 0 bridgehead atoms. The van der Waals surface area contributed by atoms with Crippen molar-refractivity contribution in [1.82, 2.24) is 4.90 Å². The van der Waals surface area contributed by atoms with Gasteiger partial charge in [0.2, 0.25) is 11.8 Å². The number of likely N-dealkylation sites (N-methyl/N-ethyl adjacent to an activating group) is 1. The Morgan fingerprint density at radius 1 is 1.07 bits per heavy atom. The smallest absolute Gasteiger partial charge is 0.246 e. The second kappa shape index (κ2) is 8.13. The predicted octanol–water partition coefficient (Wildman–Crippen LogP) is 4.47. The molecule has 5 nitrogen and oxygen atoms in total. The van der Waals surface area contributed by atoms with Crippen LogP contribution in [0.5, 0.6) is 0 Å². The van der Waals surface area contributed by atoms with Gasteiger partial charge in [0, 0.05) is 24.2 Å². The standard InChI is InChI=1S/C23H24N2O3/c1-15-11-16(2)23(17(3)12-15)24-21(26)14-25(4)22(27)10-9-19-13-18-7-5-6-8-20(18)28-19/h5-13H,14H2,1-4H3,(H,24,26)/b10-9+. The minimum atomic E-state index is -0.270. The van der Waals surface area contributed by atoms with Crippen molar-refractivity contribution in [3.8, 4) is 0 Å². The number of hydrogen-bond acceptors (Lipinski definition) is 3. The van der Waals surface area contributed by atoms with Crippen LogP contribution in [0, 0.1) is 20.8 Å². The van der Waals surface area contributed by atoms with Gasteiger partial charge in [0.25, 0.3) is 0 Å². The minimum absolute atomic E-state index is 0.0317. The second-order valence-electron chi connectivity index (χ2n) is 7.04. The molecule has 5 heteroatoms. The van der Waals surface area contributed by atoms with E-state index in [0.29, 0.717) is 5.76 Å². The molecule has 0 radical (unpaired) electrons. The number of benzene rings is 2. The summed E-state index contributed by atoms with van der Waals surface area (Å²) >= 11 is 0. The van der Waals surface area contributed by atoms with E-state index >= 15 is 0 Å². The number of aryl methyl sites for hydroxylation is 3. The maximum atomic E-state index is 12.4. The van der Waals surface area contributed by atoms with Gasteiger partial charge in [0.05, 0.1) is 6.54 Å². The zero-order valence-electron chi connectivity index (χ0n) is 16.6. The molecule has 2 amide bonds. The lowest BCUT2D eigenvalue weighted by atomic mass is 10.1. The lowest BCUT2D eigenvalue weighted by Crippen LogP contribution is -2.34. The Labute approximate surface area is 164 Å². The van der Waals surface area contributed by atoms with E-state index < -0.39 is 0 Å². The molecule has 3 rings (SSSR count). The Kier molecular flexibility index (Phi) is 5.64. The van der Waals surface area contributed by atoms with Gasteiger partial charge in [-0.1, -0.05) is 35.9 Å². The highest BCUT2D eigenvalue weighted by Crippen LogP contribution is 2.22. The molecule has 0 spiro atoms. The van der Waals surface area contributed by atoms with Crippen LogP contribution in [0.4, 0.5) is 5.69 Å². The number of hydrogen-bond donors (Lipinski definition) is 1. The zero-order chi connectivity index (χ0) is 20.3. The summed E-state index contributed by atoms with van der Waals surface area (Å²) in [5.74, 6) is 0.0919. The Balaban J connectivity index is 1.61.